The lowest BCUT2D eigenvalue weighted by Crippen LogP contribution is -2.41. The average Bonchev–Trinajstić information content (AvgIpc) is 3.07. The molecule has 0 spiro atoms. The molecule has 0 saturated carbocycles. The summed E-state index contributed by atoms with van der Waals surface area (Å²) in [5, 5.41) is 7.09. The quantitative estimate of drug-likeness (QED) is 0.846. The number of oxime groups is 1. The van der Waals surface area contributed by atoms with E-state index in [1.54, 1.807) is 6.07 Å². The highest BCUT2D eigenvalue weighted by Gasteiger charge is 2.30. The van der Waals surface area contributed by atoms with Crippen molar-refractivity contribution >= 4 is 11.6 Å². The molecule has 5 nitrogen and oxygen atoms in total. The molecule has 0 bridgehead atoms. The van der Waals surface area contributed by atoms with Gasteiger partial charge in [-0.15, -0.1) is 0 Å². The number of nitrogens with zero attached hydrogens (tertiary/aromatic N) is 1. The van der Waals surface area contributed by atoms with Gasteiger partial charge < -0.3 is 14.9 Å². The van der Waals surface area contributed by atoms with Crippen molar-refractivity contribution in [2.45, 2.75) is 51.7 Å². The molecule has 2 heterocycles. The molecule has 142 valence electrons. The third-order valence-corrected chi connectivity index (χ3v) is 5.02. The molecule has 1 saturated heterocycles. The van der Waals surface area contributed by atoms with Crippen LogP contribution in [0.25, 0.3) is 0 Å². The Morgan fingerprint density at radius 3 is 3.04 bits per heavy atom. The van der Waals surface area contributed by atoms with E-state index < -0.39 is 0 Å². The molecule has 6 heteroatoms. The minimum atomic E-state index is -0.248. The molecule has 2 aliphatic rings. The molecular weight excluding hydrogens is 335 g/mol. The highest BCUT2D eigenvalue weighted by atomic mass is 19.1. The van der Waals surface area contributed by atoms with Crippen LogP contribution >= 0.6 is 0 Å². The van der Waals surface area contributed by atoms with Crippen LogP contribution in [0.4, 0.5) is 4.39 Å². The Kier molecular flexibility index (Phi) is 6.25. The van der Waals surface area contributed by atoms with Crippen LogP contribution in [0.2, 0.25) is 0 Å². The van der Waals surface area contributed by atoms with Crippen LogP contribution in [0.3, 0.4) is 0 Å². The predicted octanol–water partition coefficient (Wildman–Crippen LogP) is 3.08. The fourth-order valence-electron chi connectivity index (χ4n) is 3.47. The molecule has 3 atom stereocenters. The van der Waals surface area contributed by atoms with E-state index in [2.05, 4.69) is 24.3 Å². The van der Waals surface area contributed by atoms with Crippen molar-refractivity contribution in [1.29, 1.82) is 0 Å². The van der Waals surface area contributed by atoms with E-state index in [-0.39, 0.29) is 29.9 Å². The Morgan fingerprint density at radius 1 is 1.42 bits per heavy atom. The Balaban J connectivity index is 1.41. The van der Waals surface area contributed by atoms with Gasteiger partial charge in [0.25, 0.3) is 0 Å². The highest BCUT2D eigenvalue weighted by Crippen LogP contribution is 2.25. The molecule has 0 aromatic heterocycles. The first-order valence-electron chi connectivity index (χ1n) is 9.36. The minimum absolute atomic E-state index is 0.00485. The second-order valence-corrected chi connectivity index (χ2v) is 7.52. The number of carbonyl (C=O) groups excluding carboxylic acids is 1. The van der Waals surface area contributed by atoms with Gasteiger partial charge >= 0.3 is 0 Å². The molecular formula is C20H27FN2O3. The maximum Gasteiger partial charge on any atom is 0.223 e. The highest BCUT2D eigenvalue weighted by molar-refractivity contribution is 5.87. The third kappa shape index (κ3) is 5.04. The molecule has 1 N–H and O–H groups in total. The van der Waals surface area contributed by atoms with Crippen LogP contribution in [-0.2, 0) is 20.8 Å². The zero-order chi connectivity index (χ0) is 18.5. The fourth-order valence-corrected chi connectivity index (χ4v) is 3.47. The summed E-state index contributed by atoms with van der Waals surface area (Å²) in [5.41, 5.74) is 1.75. The summed E-state index contributed by atoms with van der Waals surface area (Å²) in [5.74, 6) is 0.246. The van der Waals surface area contributed by atoms with E-state index in [4.69, 9.17) is 9.57 Å². The molecule has 1 amide bonds. The number of ether oxygens (including phenoxy) is 1. The van der Waals surface area contributed by atoms with Gasteiger partial charge in [-0.3, -0.25) is 4.79 Å². The summed E-state index contributed by atoms with van der Waals surface area (Å²) in [7, 11) is 0. The van der Waals surface area contributed by atoms with Crippen LogP contribution in [0.1, 0.15) is 38.7 Å². The van der Waals surface area contributed by atoms with Gasteiger partial charge in [0.1, 0.15) is 11.9 Å². The Bertz CT molecular complexity index is 662. The van der Waals surface area contributed by atoms with Crippen LogP contribution in [0.5, 0.6) is 0 Å². The lowest BCUT2D eigenvalue weighted by Gasteiger charge is -2.31. The number of hydrogen-bond donors (Lipinski definition) is 1. The molecule has 1 aromatic rings. The SMILES string of the molecule is CC(C)[C@@H]1C[C@H](C(=O)NC[C@@H]2CC(Cc3cccc(F)c3)=NO2)CCO1. The second-order valence-electron chi connectivity index (χ2n) is 7.52. The van der Waals surface area contributed by atoms with E-state index in [1.165, 1.54) is 12.1 Å². The number of hydrogen-bond acceptors (Lipinski definition) is 4. The number of carbonyl (C=O) groups is 1. The van der Waals surface area contributed by atoms with E-state index in [0.29, 0.717) is 31.9 Å². The number of amides is 1. The molecule has 3 rings (SSSR count). The van der Waals surface area contributed by atoms with Gasteiger partial charge in [-0.2, -0.15) is 0 Å². The molecule has 0 unspecified atom stereocenters. The Labute approximate surface area is 153 Å². The Hall–Kier alpha value is -1.95. The molecule has 1 aromatic carbocycles. The Morgan fingerprint density at radius 2 is 2.27 bits per heavy atom. The van der Waals surface area contributed by atoms with E-state index in [9.17, 15) is 9.18 Å². The summed E-state index contributed by atoms with van der Waals surface area (Å²) in [6.45, 7) is 5.32. The van der Waals surface area contributed by atoms with E-state index in [0.717, 1.165) is 24.1 Å². The molecule has 2 aliphatic heterocycles. The van der Waals surface area contributed by atoms with Crippen LogP contribution < -0.4 is 5.32 Å². The standard InChI is InChI=1S/C20H27FN2O3/c1-13(2)19-10-15(6-7-25-19)20(24)22-12-18-11-17(23-26-18)9-14-4-3-5-16(21)8-14/h3-5,8,13,15,18-19H,6-7,9-12H2,1-2H3,(H,22,24)/t15-,18+,19+/m1/s1. The van der Waals surface area contributed by atoms with Crippen molar-refractivity contribution in [1.82, 2.24) is 5.32 Å². The van der Waals surface area contributed by atoms with Crippen LogP contribution in [0, 0.1) is 17.7 Å². The summed E-state index contributed by atoms with van der Waals surface area (Å²) < 4.78 is 19.0. The maximum absolute atomic E-state index is 13.3. The van der Waals surface area contributed by atoms with Crippen LogP contribution in [0.15, 0.2) is 29.4 Å². The van der Waals surface area contributed by atoms with Gasteiger partial charge in [0.2, 0.25) is 5.91 Å². The smallest absolute Gasteiger partial charge is 0.223 e. The lowest BCUT2D eigenvalue weighted by molar-refractivity contribution is -0.131. The molecule has 26 heavy (non-hydrogen) atoms. The lowest BCUT2D eigenvalue weighted by atomic mass is 9.89. The number of rotatable bonds is 6. The summed E-state index contributed by atoms with van der Waals surface area (Å²) in [4.78, 5) is 17.9. The molecule has 0 radical (unpaired) electrons. The van der Waals surface area contributed by atoms with Gasteiger partial charge in [-0.25, -0.2) is 4.39 Å². The topological polar surface area (TPSA) is 59.9 Å². The predicted molar refractivity (Wildman–Crippen MR) is 97.3 cm³/mol. The van der Waals surface area contributed by atoms with Gasteiger partial charge in [-0.1, -0.05) is 31.1 Å². The number of nitrogens with one attached hydrogen (secondary N) is 1. The zero-order valence-electron chi connectivity index (χ0n) is 15.4. The summed E-state index contributed by atoms with van der Waals surface area (Å²) in [6, 6.07) is 6.50. The fraction of sp³-hybridized carbons (Fsp3) is 0.600. The van der Waals surface area contributed by atoms with E-state index in [1.807, 2.05) is 6.07 Å². The molecule has 0 aliphatic carbocycles. The van der Waals surface area contributed by atoms with Crippen molar-refractivity contribution in [2.75, 3.05) is 13.2 Å². The first kappa shape index (κ1) is 18.8. The second kappa shape index (κ2) is 8.62. The van der Waals surface area contributed by atoms with Crippen molar-refractivity contribution in [2.24, 2.45) is 17.0 Å². The number of benzene rings is 1. The van der Waals surface area contributed by atoms with Gasteiger partial charge in [0, 0.05) is 25.4 Å². The van der Waals surface area contributed by atoms with Crippen LogP contribution in [-0.4, -0.2) is 37.0 Å². The van der Waals surface area contributed by atoms with Crippen molar-refractivity contribution in [3.8, 4) is 0 Å². The average molecular weight is 362 g/mol. The van der Waals surface area contributed by atoms with Gasteiger partial charge in [0.15, 0.2) is 0 Å². The normalized spacial score (nSPS) is 25.7. The molecule has 1 fully saturated rings. The first-order valence-corrected chi connectivity index (χ1v) is 9.36. The largest absolute Gasteiger partial charge is 0.390 e. The van der Waals surface area contributed by atoms with Crippen molar-refractivity contribution in [3.05, 3.63) is 35.6 Å². The maximum atomic E-state index is 13.3. The minimum Gasteiger partial charge on any atom is -0.390 e. The van der Waals surface area contributed by atoms with Crippen molar-refractivity contribution < 1.29 is 18.8 Å². The number of halogens is 1. The van der Waals surface area contributed by atoms with Gasteiger partial charge in [0.05, 0.1) is 18.4 Å². The monoisotopic (exact) mass is 362 g/mol. The summed E-state index contributed by atoms with van der Waals surface area (Å²) >= 11 is 0. The first-order chi connectivity index (χ1) is 12.5. The van der Waals surface area contributed by atoms with Gasteiger partial charge in [-0.05, 0) is 36.5 Å². The third-order valence-electron chi connectivity index (χ3n) is 5.02. The van der Waals surface area contributed by atoms with Crippen molar-refractivity contribution in [3.63, 3.8) is 0 Å². The summed E-state index contributed by atoms with van der Waals surface area (Å²) in [6.07, 6.45) is 2.77. The zero-order valence-corrected chi connectivity index (χ0v) is 15.4. The van der Waals surface area contributed by atoms with E-state index >= 15 is 0 Å².